The lowest BCUT2D eigenvalue weighted by atomic mass is 9.96. The van der Waals surface area contributed by atoms with Gasteiger partial charge in [0.05, 0.1) is 5.60 Å². The van der Waals surface area contributed by atoms with Gasteiger partial charge in [-0.2, -0.15) is 0 Å². The van der Waals surface area contributed by atoms with Crippen LogP contribution in [-0.4, -0.2) is 35.4 Å². The molecule has 0 bridgehead atoms. The van der Waals surface area contributed by atoms with Crippen molar-refractivity contribution in [2.45, 2.75) is 45.3 Å². The second-order valence-electron chi connectivity index (χ2n) is 3.88. The van der Waals surface area contributed by atoms with E-state index in [0.29, 0.717) is 0 Å². The number of rotatable bonds is 7. The zero-order valence-corrected chi connectivity index (χ0v) is 11.0. The molecule has 0 aromatic rings. The molecule has 86 valence electrons. The van der Waals surface area contributed by atoms with Crippen LogP contribution in [0, 0.1) is 0 Å². The third kappa shape index (κ3) is 4.52. The second kappa shape index (κ2) is 6.52. The first-order valence-electron chi connectivity index (χ1n) is 4.97. The SMILES string of the molecule is CCCC(N)C(C)(C)O[SiH](OC)OC. The fourth-order valence-corrected chi connectivity index (χ4v) is 2.24. The van der Waals surface area contributed by atoms with Gasteiger partial charge in [-0.15, -0.1) is 0 Å². The molecule has 0 spiro atoms. The van der Waals surface area contributed by atoms with Crippen LogP contribution < -0.4 is 5.73 Å². The summed E-state index contributed by atoms with van der Waals surface area (Å²) >= 11 is 0. The summed E-state index contributed by atoms with van der Waals surface area (Å²) in [5.74, 6) is 0. The molecule has 2 N–H and O–H groups in total. The first kappa shape index (κ1) is 14.1. The van der Waals surface area contributed by atoms with Crippen LogP contribution in [0.15, 0.2) is 0 Å². The molecule has 0 aromatic heterocycles. The van der Waals surface area contributed by atoms with Gasteiger partial charge in [-0.05, 0) is 20.3 Å². The molecular weight excluding hydrogens is 198 g/mol. The van der Waals surface area contributed by atoms with E-state index in [1.807, 2.05) is 13.8 Å². The van der Waals surface area contributed by atoms with Gasteiger partial charge in [0.2, 0.25) is 0 Å². The van der Waals surface area contributed by atoms with Gasteiger partial charge in [-0.1, -0.05) is 13.3 Å². The number of hydrogen-bond acceptors (Lipinski definition) is 4. The molecule has 4 nitrogen and oxygen atoms in total. The Morgan fingerprint density at radius 2 is 1.79 bits per heavy atom. The van der Waals surface area contributed by atoms with Crippen LogP contribution in [0.3, 0.4) is 0 Å². The molecule has 14 heavy (non-hydrogen) atoms. The zero-order chi connectivity index (χ0) is 11.2. The van der Waals surface area contributed by atoms with Gasteiger partial charge in [0, 0.05) is 20.3 Å². The molecular formula is C9H23NO3Si. The molecule has 0 saturated carbocycles. The standard InChI is InChI=1S/C9H23NO3Si/c1-6-7-8(10)9(2,3)13-14(11-4)12-5/h8,14H,6-7,10H2,1-5H3. The van der Waals surface area contributed by atoms with E-state index in [-0.39, 0.29) is 11.6 Å². The lowest BCUT2D eigenvalue weighted by molar-refractivity contribution is 0.0102. The Hall–Kier alpha value is 0.0569. The van der Waals surface area contributed by atoms with Crippen LogP contribution in [0.25, 0.3) is 0 Å². The van der Waals surface area contributed by atoms with Gasteiger partial charge in [-0.3, -0.25) is 0 Å². The van der Waals surface area contributed by atoms with Crippen molar-refractivity contribution in [3.63, 3.8) is 0 Å². The van der Waals surface area contributed by atoms with Gasteiger partial charge in [0.1, 0.15) is 0 Å². The highest BCUT2D eigenvalue weighted by Crippen LogP contribution is 2.18. The minimum atomic E-state index is -1.98. The van der Waals surface area contributed by atoms with E-state index in [9.17, 15) is 0 Å². The summed E-state index contributed by atoms with van der Waals surface area (Å²) in [7, 11) is 1.22. The summed E-state index contributed by atoms with van der Waals surface area (Å²) in [5.41, 5.74) is 5.63. The Bertz CT molecular complexity index is 151. The second-order valence-corrected chi connectivity index (χ2v) is 5.63. The van der Waals surface area contributed by atoms with E-state index in [2.05, 4.69) is 6.92 Å². The molecule has 5 heteroatoms. The fraction of sp³-hybridized carbons (Fsp3) is 1.00. The molecule has 0 fully saturated rings. The third-order valence-corrected chi connectivity index (χ3v) is 3.85. The van der Waals surface area contributed by atoms with Crippen molar-refractivity contribution in [3.05, 3.63) is 0 Å². The lowest BCUT2D eigenvalue weighted by Crippen LogP contribution is -2.49. The molecule has 0 saturated heterocycles. The van der Waals surface area contributed by atoms with Crippen LogP contribution in [0.1, 0.15) is 33.6 Å². The highest BCUT2D eigenvalue weighted by molar-refractivity contribution is 6.36. The van der Waals surface area contributed by atoms with Crippen molar-refractivity contribution < 1.29 is 13.3 Å². The van der Waals surface area contributed by atoms with Crippen LogP contribution in [0.2, 0.25) is 0 Å². The maximum absolute atomic E-state index is 6.01. The monoisotopic (exact) mass is 221 g/mol. The molecule has 0 aliphatic carbocycles. The molecule has 0 aliphatic rings. The van der Waals surface area contributed by atoms with E-state index in [4.69, 9.17) is 19.0 Å². The molecule has 1 unspecified atom stereocenters. The van der Waals surface area contributed by atoms with E-state index in [0.717, 1.165) is 12.8 Å². The highest BCUT2D eigenvalue weighted by Gasteiger charge is 2.31. The molecule has 0 radical (unpaired) electrons. The van der Waals surface area contributed by atoms with Crippen molar-refractivity contribution in [2.24, 2.45) is 5.73 Å². The van der Waals surface area contributed by atoms with Crippen molar-refractivity contribution in [1.29, 1.82) is 0 Å². The highest BCUT2D eigenvalue weighted by atomic mass is 28.3. The topological polar surface area (TPSA) is 53.7 Å². The molecule has 0 aliphatic heterocycles. The normalized spacial score (nSPS) is 14.8. The smallest absolute Gasteiger partial charge is 0.379 e. The summed E-state index contributed by atoms with van der Waals surface area (Å²) in [4.78, 5) is 0. The molecule has 0 amide bonds. The first-order valence-corrected chi connectivity index (χ1v) is 6.38. The van der Waals surface area contributed by atoms with Gasteiger partial charge in [0.15, 0.2) is 0 Å². The minimum Gasteiger partial charge on any atom is -0.379 e. The Balaban J connectivity index is 4.15. The van der Waals surface area contributed by atoms with Crippen LogP contribution in [0.4, 0.5) is 0 Å². The van der Waals surface area contributed by atoms with E-state index < -0.39 is 9.53 Å². The van der Waals surface area contributed by atoms with E-state index in [1.165, 1.54) is 0 Å². The molecule has 0 rings (SSSR count). The predicted molar refractivity (Wildman–Crippen MR) is 59.2 cm³/mol. The van der Waals surface area contributed by atoms with Crippen molar-refractivity contribution >= 4 is 9.53 Å². The number of nitrogens with two attached hydrogens (primary N) is 1. The molecule has 0 heterocycles. The summed E-state index contributed by atoms with van der Waals surface area (Å²) in [6.07, 6.45) is 2.00. The maximum atomic E-state index is 6.01. The summed E-state index contributed by atoms with van der Waals surface area (Å²) in [6.45, 7) is 6.06. The average molecular weight is 221 g/mol. The van der Waals surface area contributed by atoms with Crippen LogP contribution >= 0.6 is 0 Å². The van der Waals surface area contributed by atoms with Crippen molar-refractivity contribution in [3.8, 4) is 0 Å². The molecule has 0 aromatic carbocycles. The lowest BCUT2D eigenvalue weighted by Gasteiger charge is -2.33. The largest absolute Gasteiger partial charge is 0.484 e. The van der Waals surface area contributed by atoms with Gasteiger partial charge < -0.3 is 19.0 Å². The van der Waals surface area contributed by atoms with E-state index in [1.54, 1.807) is 14.2 Å². The van der Waals surface area contributed by atoms with Gasteiger partial charge in [-0.25, -0.2) is 0 Å². The zero-order valence-electron chi connectivity index (χ0n) is 9.87. The number of hydrogen-bond donors (Lipinski definition) is 1. The summed E-state index contributed by atoms with van der Waals surface area (Å²) < 4.78 is 15.9. The first-order chi connectivity index (χ1) is 6.47. The fourth-order valence-electron chi connectivity index (χ4n) is 1.19. The minimum absolute atomic E-state index is 0.0211. The van der Waals surface area contributed by atoms with Crippen LogP contribution in [-0.2, 0) is 13.3 Å². The predicted octanol–water partition coefficient (Wildman–Crippen LogP) is 0.919. The Morgan fingerprint density at radius 1 is 1.29 bits per heavy atom. The maximum Gasteiger partial charge on any atom is 0.484 e. The Labute approximate surface area is 88.7 Å². The Morgan fingerprint density at radius 3 is 2.14 bits per heavy atom. The van der Waals surface area contributed by atoms with Crippen molar-refractivity contribution in [1.82, 2.24) is 0 Å². The average Bonchev–Trinajstić information content (AvgIpc) is 2.14. The third-order valence-electron chi connectivity index (χ3n) is 2.28. The van der Waals surface area contributed by atoms with E-state index >= 15 is 0 Å². The summed E-state index contributed by atoms with van der Waals surface area (Å²) in [6, 6.07) is 0.0211. The summed E-state index contributed by atoms with van der Waals surface area (Å²) in [5, 5.41) is 0. The Kier molecular flexibility index (Phi) is 6.55. The van der Waals surface area contributed by atoms with Crippen molar-refractivity contribution in [2.75, 3.05) is 14.2 Å². The van der Waals surface area contributed by atoms with Gasteiger partial charge >= 0.3 is 9.53 Å². The van der Waals surface area contributed by atoms with Crippen LogP contribution in [0.5, 0.6) is 0 Å². The molecule has 1 atom stereocenters. The van der Waals surface area contributed by atoms with Gasteiger partial charge in [0.25, 0.3) is 0 Å². The quantitative estimate of drug-likeness (QED) is 0.650.